The van der Waals surface area contributed by atoms with Crippen LogP contribution >= 0.6 is 11.6 Å². The lowest BCUT2D eigenvalue weighted by Gasteiger charge is -2.23. The van der Waals surface area contributed by atoms with Crippen LogP contribution in [0.2, 0.25) is 5.02 Å². The van der Waals surface area contributed by atoms with Crippen molar-refractivity contribution < 1.29 is 14.3 Å². The molecule has 5 nitrogen and oxygen atoms in total. The summed E-state index contributed by atoms with van der Waals surface area (Å²) >= 11 is 6.17. The Morgan fingerprint density at radius 2 is 2.14 bits per heavy atom. The van der Waals surface area contributed by atoms with Crippen molar-refractivity contribution in [1.29, 1.82) is 0 Å². The summed E-state index contributed by atoms with van der Waals surface area (Å²) in [4.78, 5) is 25.7. The molecular weight excluding hydrogens is 304 g/mol. The van der Waals surface area contributed by atoms with Crippen molar-refractivity contribution >= 4 is 29.1 Å². The second-order valence-electron chi connectivity index (χ2n) is 5.56. The lowest BCUT2D eigenvalue weighted by atomic mass is 10.1. The van der Waals surface area contributed by atoms with Gasteiger partial charge in [0.1, 0.15) is 0 Å². The molecule has 1 aromatic rings. The van der Waals surface area contributed by atoms with Gasteiger partial charge in [-0.1, -0.05) is 11.6 Å². The van der Waals surface area contributed by atoms with Crippen LogP contribution in [-0.4, -0.2) is 43.5 Å². The van der Waals surface area contributed by atoms with Gasteiger partial charge in [-0.25, -0.2) is 0 Å². The van der Waals surface area contributed by atoms with E-state index in [1.165, 1.54) is 6.92 Å². The topological polar surface area (TPSA) is 58.6 Å². The van der Waals surface area contributed by atoms with Crippen molar-refractivity contribution in [3.05, 3.63) is 28.8 Å². The first kappa shape index (κ1) is 16.8. The summed E-state index contributed by atoms with van der Waals surface area (Å²) in [5, 5.41) is 3.06. The highest BCUT2D eigenvalue weighted by molar-refractivity contribution is 6.34. The first-order valence-corrected chi connectivity index (χ1v) is 7.74. The number of carbonyl (C=O) groups excluding carboxylic acids is 2. The Morgan fingerprint density at radius 3 is 2.73 bits per heavy atom. The second-order valence-corrected chi connectivity index (χ2v) is 5.97. The predicted molar refractivity (Wildman–Crippen MR) is 86.3 cm³/mol. The summed E-state index contributed by atoms with van der Waals surface area (Å²) < 4.78 is 5.08. The number of carbonyl (C=O) groups is 2. The molecule has 22 heavy (non-hydrogen) atoms. The number of nitrogens with one attached hydrogen (secondary N) is 1. The van der Waals surface area contributed by atoms with Gasteiger partial charge in [-0.3, -0.25) is 9.59 Å². The number of halogens is 1. The molecule has 0 heterocycles. The molecule has 1 aliphatic rings. The number of benzene rings is 1. The number of amides is 2. The largest absolute Gasteiger partial charge is 0.383 e. The Hall–Kier alpha value is -1.59. The van der Waals surface area contributed by atoms with E-state index >= 15 is 0 Å². The lowest BCUT2D eigenvalue weighted by Crippen LogP contribution is -2.35. The average molecular weight is 325 g/mol. The standard InChI is InChI=1S/C16H21ClN2O3/c1-11(20)18-13-5-6-15(17)14(9-13)16(21)19(7-8-22-2)10-12-3-4-12/h5-6,9,12H,3-4,7-8,10H2,1-2H3,(H,18,20). The molecule has 0 spiro atoms. The molecule has 0 aliphatic heterocycles. The molecular formula is C16H21ClN2O3. The van der Waals surface area contributed by atoms with Crippen molar-refractivity contribution in [2.24, 2.45) is 5.92 Å². The maximum absolute atomic E-state index is 12.7. The maximum atomic E-state index is 12.7. The van der Waals surface area contributed by atoms with E-state index in [1.807, 2.05) is 0 Å². The quantitative estimate of drug-likeness (QED) is 0.839. The number of nitrogens with zero attached hydrogens (tertiary/aromatic N) is 1. The van der Waals surface area contributed by atoms with Crippen LogP contribution in [0.15, 0.2) is 18.2 Å². The van der Waals surface area contributed by atoms with Gasteiger partial charge in [0, 0.05) is 32.8 Å². The monoisotopic (exact) mass is 324 g/mol. The van der Waals surface area contributed by atoms with Gasteiger partial charge in [-0.2, -0.15) is 0 Å². The highest BCUT2D eigenvalue weighted by Gasteiger charge is 2.28. The van der Waals surface area contributed by atoms with E-state index in [9.17, 15) is 9.59 Å². The van der Waals surface area contributed by atoms with Gasteiger partial charge in [-0.05, 0) is 37.0 Å². The third-order valence-corrected chi connectivity index (χ3v) is 3.87. The SMILES string of the molecule is COCCN(CC1CC1)C(=O)c1cc(NC(C)=O)ccc1Cl. The molecule has 0 radical (unpaired) electrons. The smallest absolute Gasteiger partial charge is 0.255 e. The first-order valence-electron chi connectivity index (χ1n) is 7.36. The van der Waals surface area contributed by atoms with Crippen LogP contribution in [-0.2, 0) is 9.53 Å². The van der Waals surface area contributed by atoms with Crippen molar-refractivity contribution in [3.63, 3.8) is 0 Å². The van der Waals surface area contributed by atoms with E-state index in [0.717, 1.165) is 19.4 Å². The van der Waals surface area contributed by atoms with E-state index in [1.54, 1.807) is 30.2 Å². The van der Waals surface area contributed by atoms with E-state index in [-0.39, 0.29) is 11.8 Å². The van der Waals surface area contributed by atoms with Crippen molar-refractivity contribution in [2.75, 3.05) is 32.1 Å². The van der Waals surface area contributed by atoms with Gasteiger partial charge in [0.05, 0.1) is 17.2 Å². The van der Waals surface area contributed by atoms with Crippen molar-refractivity contribution in [2.45, 2.75) is 19.8 Å². The third kappa shape index (κ3) is 4.71. The van der Waals surface area contributed by atoms with Crippen LogP contribution < -0.4 is 5.32 Å². The highest BCUT2D eigenvalue weighted by Crippen LogP contribution is 2.31. The van der Waals surface area contributed by atoms with E-state index in [4.69, 9.17) is 16.3 Å². The number of ether oxygens (including phenoxy) is 1. The average Bonchev–Trinajstić information content (AvgIpc) is 3.28. The Morgan fingerprint density at radius 1 is 1.41 bits per heavy atom. The van der Waals surface area contributed by atoms with Crippen LogP contribution in [0.3, 0.4) is 0 Å². The van der Waals surface area contributed by atoms with Gasteiger partial charge >= 0.3 is 0 Å². The minimum atomic E-state index is -0.185. The summed E-state index contributed by atoms with van der Waals surface area (Å²) in [7, 11) is 1.62. The maximum Gasteiger partial charge on any atom is 0.255 e. The Bertz CT molecular complexity index is 558. The Kier molecular flexibility index (Phi) is 5.80. The molecule has 0 unspecified atom stereocenters. The minimum absolute atomic E-state index is 0.124. The zero-order valence-electron chi connectivity index (χ0n) is 12.9. The molecule has 0 bridgehead atoms. The molecule has 1 aromatic carbocycles. The zero-order valence-corrected chi connectivity index (χ0v) is 13.7. The molecule has 0 aromatic heterocycles. The summed E-state index contributed by atoms with van der Waals surface area (Å²) in [5.74, 6) is 0.272. The molecule has 1 fully saturated rings. The van der Waals surface area contributed by atoms with Crippen molar-refractivity contribution in [1.82, 2.24) is 4.90 Å². The highest BCUT2D eigenvalue weighted by atomic mass is 35.5. The molecule has 1 N–H and O–H groups in total. The fourth-order valence-corrected chi connectivity index (χ4v) is 2.43. The minimum Gasteiger partial charge on any atom is -0.383 e. The number of anilines is 1. The van der Waals surface area contributed by atoms with E-state index in [2.05, 4.69) is 5.32 Å². The summed E-state index contributed by atoms with van der Waals surface area (Å²) in [5.41, 5.74) is 0.975. The van der Waals surface area contributed by atoms with Gasteiger partial charge < -0.3 is 15.0 Å². The van der Waals surface area contributed by atoms with Crippen LogP contribution in [0.25, 0.3) is 0 Å². The molecule has 1 saturated carbocycles. The van der Waals surface area contributed by atoms with Crippen molar-refractivity contribution in [3.8, 4) is 0 Å². The van der Waals surface area contributed by atoms with Crippen LogP contribution in [0, 0.1) is 5.92 Å². The van der Waals surface area contributed by atoms with Gasteiger partial charge in [0.25, 0.3) is 5.91 Å². The molecule has 120 valence electrons. The van der Waals surface area contributed by atoms with Gasteiger partial charge in [0.2, 0.25) is 5.91 Å². The lowest BCUT2D eigenvalue weighted by molar-refractivity contribution is -0.114. The summed E-state index contributed by atoms with van der Waals surface area (Å²) in [6.07, 6.45) is 2.33. The third-order valence-electron chi connectivity index (χ3n) is 3.55. The molecule has 6 heteroatoms. The normalized spacial score (nSPS) is 13.8. The molecule has 0 saturated heterocycles. The van der Waals surface area contributed by atoms with Crippen LogP contribution in [0.1, 0.15) is 30.1 Å². The number of methoxy groups -OCH3 is 1. The molecule has 2 rings (SSSR count). The first-order chi connectivity index (χ1) is 10.5. The zero-order chi connectivity index (χ0) is 16.1. The fraction of sp³-hybridized carbons (Fsp3) is 0.500. The fourth-order valence-electron chi connectivity index (χ4n) is 2.23. The second kappa shape index (κ2) is 7.61. The molecule has 0 atom stereocenters. The number of hydrogen-bond donors (Lipinski definition) is 1. The number of hydrogen-bond acceptors (Lipinski definition) is 3. The Balaban J connectivity index is 2.18. The predicted octanol–water partition coefficient (Wildman–Crippen LogP) is 2.80. The number of rotatable bonds is 7. The van der Waals surface area contributed by atoms with Gasteiger partial charge in [0.15, 0.2) is 0 Å². The van der Waals surface area contributed by atoms with Crippen LogP contribution in [0.5, 0.6) is 0 Å². The van der Waals surface area contributed by atoms with Crippen LogP contribution in [0.4, 0.5) is 5.69 Å². The molecule has 1 aliphatic carbocycles. The summed E-state index contributed by atoms with van der Waals surface area (Å²) in [6, 6.07) is 4.94. The van der Waals surface area contributed by atoms with Gasteiger partial charge in [-0.15, -0.1) is 0 Å². The Labute approximate surface area is 135 Å². The molecule has 2 amide bonds. The van der Waals surface area contributed by atoms with E-state index < -0.39 is 0 Å². The summed E-state index contributed by atoms with van der Waals surface area (Å²) in [6.45, 7) is 3.17. The van der Waals surface area contributed by atoms with E-state index in [0.29, 0.717) is 35.3 Å².